The van der Waals surface area contributed by atoms with E-state index in [4.69, 9.17) is 14.2 Å². The summed E-state index contributed by atoms with van der Waals surface area (Å²) in [7, 11) is 0. The Hall–Kier alpha value is -0.970. The first-order chi connectivity index (χ1) is 10.2. The summed E-state index contributed by atoms with van der Waals surface area (Å²) in [6.07, 6.45) is 3.69. The van der Waals surface area contributed by atoms with Gasteiger partial charge >= 0.3 is 0 Å². The quantitative estimate of drug-likeness (QED) is 0.759. The van der Waals surface area contributed by atoms with Crippen LogP contribution in [0.15, 0.2) is 24.3 Å². The van der Waals surface area contributed by atoms with Gasteiger partial charge in [0.1, 0.15) is 11.4 Å². The van der Waals surface area contributed by atoms with Gasteiger partial charge in [0.05, 0.1) is 19.8 Å². The molecule has 0 amide bonds. The molecule has 2 rings (SSSR count). The smallest absolute Gasteiger partial charge is 0.157 e. The topological polar surface area (TPSA) is 27.7 Å². The van der Waals surface area contributed by atoms with Crippen molar-refractivity contribution in [3.05, 3.63) is 35.6 Å². The summed E-state index contributed by atoms with van der Waals surface area (Å²) in [4.78, 5) is 0. The lowest BCUT2D eigenvalue weighted by Gasteiger charge is -2.40. The van der Waals surface area contributed by atoms with Gasteiger partial charge in [0.25, 0.3) is 0 Å². The number of rotatable bonds is 7. The van der Waals surface area contributed by atoms with Crippen molar-refractivity contribution < 1.29 is 18.6 Å². The molecule has 0 aromatic heterocycles. The highest BCUT2D eigenvalue weighted by Gasteiger charge is 2.37. The van der Waals surface area contributed by atoms with Crippen LogP contribution in [0, 0.1) is 5.82 Å². The van der Waals surface area contributed by atoms with E-state index in [0.29, 0.717) is 18.8 Å². The van der Waals surface area contributed by atoms with Crippen LogP contribution in [-0.4, -0.2) is 25.1 Å². The zero-order chi connectivity index (χ0) is 15.1. The monoisotopic (exact) mass is 296 g/mol. The van der Waals surface area contributed by atoms with Crippen LogP contribution in [-0.2, 0) is 20.8 Å². The van der Waals surface area contributed by atoms with Gasteiger partial charge < -0.3 is 14.2 Å². The fraction of sp³-hybridized carbons (Fsp3) is 0.647. The van der Waals surface area contributed by atoms with E-state index in [2.05, 4.69) is 6.92 Å². The van der Waals surface area contributed by atoms with Crippen molar-refractivity contribution in [3.8, 4) is 0 Å². The van der Waals surface area contributed by atoms with E-state index in [-0.39, 0.29) is 18.7 Å². The summed E-state index contributed by atoms with van der Waals surface area (Å²) in [6.45, 7) is 5.45. The van der Waals surface area contributed by atoms with Crippen LogP contribution < -0.4 is 0 Å². The first-order valence-corrected chi connectivity index (χ1v) is 7.79. The Labute approximate surface area is 126 Å². The molecule has 0 aliphatic carbocycles. The molecule has 4 heteroatoms. The van der Waals surface area contributed by atoms with Gasteiger partial charge in [-0.2, -0.15) is 0 Å². The van der Waals surface area contributed by atoms with Crippen molar-refractivity contribution in [2.75, 3.05) is 13.2 Å². The Bertz CT molecular complexity index is 428. The highest BCUT2D eigenvalue weighted by molar-refractivity contribution is 5.16. The molecule has 118 valence electrons. The zero-order valence-corrected chi connectivity index (χ0v) is 12.9. The Morgan fingerprint density at radius 3 is 2.57 bits per heavy atom. The number of halogens is 1. The van der Waals surface area contributed by atoms with Gasteiger partial charge in [-0.15, -0.1) is 0 Å². The van der Waals surface area contributed by atoms with E-state index in [0.717, 1.165) is 25.7 Å². The van der Waals surface area contributed by atoms with E-state index < -0.39 is 5.60 Å². The van der Waals surface area contributed by atoms with Gasteiger partial charge in [-0.25, -0.2) is 4.39 Å². The molecular weight excluding hydrogens is 271 g/mol. The summed E-state index contributed by atoms with van der Waals surface area (Å²) < 4.78 is 31.2. The first-order valence-electron chi connectivity index (χ1n) is 7.79. The molecule has 1 heterocycles. The molecule has 1 fully saturated rings. The average molecular weight is 296 g/mol. The van der Waals surface area contributed by atoms with E-state index >= 15 is 0 Å². The number of hydrogen-bond acceptors (Lipinski definition) is 3. The fourth-order valence-electron chi connectivity index (χ4n) is 2.46. The molecule has 1 aliphatic heterocycles. The molecule has 0 bridgehead atoms. The summed E-state index contributed by atoms with van der Waals surface area (Å²) in [5, 5.41) is 0. The largest absolute Gasteiger partial charge is 0.365 e. The zero-order valence-electron chi connectivity index (χ0n) is 12.9. The van der Waals surface area contributed by atoms with Gasteiger partial charge in [-0.1, -0.05) is 44.9 Å². The molecule has 1 aliphatic rings. The van der Waals surface area contributed by atoms with E-state index in [1.165, 1.54) is 6.07 Å². The molecule has 0 unspecified atom stereocenters. The number of hydrogen-bond donors (Lipinski definition) is 0. The van der Waals surface area contributed by atoms with E-state index in [1.54, 1.807) is 12.1 Å². The maximum atomic E-state index is 13.7. The van der Waals surface area contributed by atoms with Crippen LogP contribution >= 0.6 is 0 Å². The fourth-order valence-corrected chi connectivity index (χ4v) is 2.46. The van der Waals surface area contributed by atoms with Gasteiger partial charge in [-0.3, -0.25) is 0 Å². The maximum absolute atomic E-state index is 13.7. The molecule has 1 aromatic carbocycles. The summed E-state index contributed by atoms with van der Waals surface area (Å²) in [6, 6.07) is 6.71. The maximum Gasteiger partial charge on any atom is 0.157 e. The Kier molecular flexibility index (Phi) is 6.15. The number of ether oxygens (including phenoxy) is 3. The predicted molar refractivity (Wildman–Crippen MR) is 79.4 cm³/mol. The second-order valence-corrected chi connectivity index (χ2v) is 5.63. The van der Waals surface area contributed by atoms with Gasteiger partial charge in [0, 0.05) is 5.56 Å². The van der Waals surface area contributed by atoms with Crippen molar-refractivity contribution in [1.82, 2.24) is 0 Å². The molecule has 21 heavy (non-hydrogen) atoms. The van der Waals surface area contributed by atoms with Crippen LogP contribution in [0.25, 0.3) is 0 Å². The molecule has 3 nitrogen and oxygen atoms in total. The van der Waals surface area contributed by atoms with Crippen molar-refractivity contribution in [1.29, 1.82) is 0 Å². The molecular formula is C17H25FO3. The Morgan fingerprint density at radius 1 is 1.24 bits per heavy atom. The molecule has 0 spiro atoms. The minimum absolute atomic E-state index is 0.142. The molecule has 1 aromatic rings. The summed E-state index contributed by atoms with van der Waals surface area (Å²) in [5.74, 6) is -0.229. The van der Waals surface area contributed by atoms with Crippen LogP contribution in [0.2, 0.25) is 0 Å². The molecule has 1 saturated heterocycles. The Balaban J connectivity index is 1.98. The minimum Gasteiger partial charge on any atom is -0.365 e. The van der Waals surface area contributed by atoms with Crippen molar-refractivity contribution >= 4 is 0 Å². The molecule has 0 radical (unpaired) electrons. The third kappa shape index (κ3) is 4.50. The summed E-state index contributed by atoms with van der Waals surface area (Å²) in [5.41, 5.74) is 0.121. The first kappa shape index (κ1) is 16.4. The lowest BCUT2D eigenvalue weighted by molar-refractivity contribution is -0.270. The van der Waals surface area contributed by atoms with Gasteiger partial charge in [0.2, 0.25) is 0 Å². The standard InChI is InChI=1S/C17H25FO3/c1-3-5-10-17(12-19-16(4-2)20-13-17)21-11-14-8-6-7-9-15(14)18/h6-9,16H,3-5,10-13H2,1-2H3/t16-,17+. The van der Waals surface area contributed by atoms with E-state index in [9.17, 15) is 4.39 Å². The second kappa shape index (κ2) is 7.87. The van der Waals surface area contributed by atoms with E-state index in [1.807, 2.05) is 13.0 Å². The van der Waals surface area contributed by atoms with Crippen LogP contribution in [0.3, 0.4) is 0 Å². The Morgan fingerprint density at radius 2 is 1.95 bits per heavy atom. The summed E-state index contributed by atoms with van der Waals surface area (Å²) >= 11 is 0. The van der Waals surface area contributed by atoms with Crippen molar-refractivity contribution in [2.24, 2.45) is 0 Å². The third-order valence-electron chi connectivity index (χ3n) is 3.88. The molecule has 0 atom stereocenters. The third-order valence-corrected chi connectivity index (χ3v) is 3.88. The second-order valence-electron chi connectivity index (χ2n) is 5.63. The normalized spacial score (nSPS) is 26.0. The highest BCUT2D eigenvalue weighted by Crippen LogP contribution is 2.28. The van der Waals surface area contributed by atoms with Gasteiger partial charge in [-0.05, 0) is 18.9 Å². The van der Waals surface area contributed by atoms with Crippen LogP contribution in [0.4, 0.5) is 4.39 Å². The lowest BCUT2D eigenvalue weighted by Crippen LogP contribution is -2.49. The van der Waals surface area contributed by atoms with Gasteiger partial charge in [0.15, 0.2) is 6.29 Å². The molecule has 0 saturated carbocycles. The average Bonchev–Trinajstić information content (AvgIpc) is 2.53. The lowest BCUT2D eigenvalue weighted by atomic mass is 9.97. The van der Waals surface area contributed by atoms with Crippen molar-refractivity contribution in [2.45, 2.75) is 58.0 Å². The highest BCUT2D eigenvalue weighted by atomic mass is 19.1. The van der Waals surface area contributed by atoms with Crippen LogP contribution in [0.1, 0.15) is 45.1 Å². The number of unbranched alkanes of at least 4 members (excludes halogenated alkanes) is 1. The minimum atomic E-state index is -0.454. The number of benzene rings is 1. The van der Waals surface area contributed by atoms with Crippen molar-refractivity contribution in [3.63, 3.8) is 0 Å². The predicted octanol–water partition coefficient (Wildman–Crippen LogP) is 4.05. The SMILES string of the molecule is CCCC[C@]1(OCc2ccccc2F)CO[C@@H](CC)OC1. The molecule has 0 N–H and O–H groups in total. The van der Waals surface area contributed by atoms with Crippen LogP contribution in [0.5, 0.6) is 0 Å².